The summed E-state index contributed by atoms with van der Waals surface area (Å²) in [4.78, 5) is 13.7. The van der Waals surface area contributed by atoms with E-state index in [4.69, 9.17) is 21.8 Å². The second kappa shape index (κ2) is 5.35. The van der Waals surface area contributed by atoms with Crippen LogP contribution in [0.3, 0.4) is 0 Å². The third-order valence-electron chi connectivity index (χ3n) is 3.36. The van der Waals surface area contributed by atoms with E-state index < -0.39 is 11.8 Å². The topological polar surface area (TPSA) is 72.0 Å². The lowest BCUT2D eigenvalue weighted by molar-refractivity contribution is 0.554. The van der Waals surface area contributed by atoms with Crippen LogP contribution in [0.5, 0.6) is 0 Å². The fourth-order valence-corrected chi connectivity index (χ4v) is 2.50. The van der Waals surface area contributed by atoms with Crippen LogP contribution in [0.15, 0.2) is 45.6 Å². The van der Waals surface area contributed by atoms with Crippen molar-refractivity contribution in [2.75, 3.05) is 0 Å². The van der Waals surface area contributed by atoms with Crippen molar-refractivity contribution >= 4 is 22.7 Å². The van der Waals surface area contributed by atoms with Gasteiger partial charge in [0.1, 0.15) is 5.82 Å². The lowest BCUT2D eigenvalue weighted by Crippen LogP contribution is -2.14. The maximum absolute atomic E-state index is 13.8. The van der Waals surface area contributed by atoms with Crippen molar-refractivity contribution < 1.29 is 8.81 Å². The highest BCUT2D eigenvalue weighted by Gasteiger charge is 2.14. The number of halogens is 2. The van der Waals surface area contributed by atoms with Crippen molar-refractivity contribution in [1.29, 1.82) is 0 Å². The number of hydrogen-bond donors (Lipinski definition) is 2. The molecule has 0 aliphatic rings. The highest BCUT2D eigenvalue weighted by Crippen LogP contribution is 2.25. The molecule has 0 aliphatic heterocycles. The Labute approximate surface area is 124 Å². The zero-order valence-corrected chi connectivity index (χ0v) is 11.7. The molecule has 0 fully saturated rings. The van der Waals surface area contributed by atoms with Crippen molar-refractivity contribution in [3.8, 4) is 0 Å². The quantitative estimate of drug-likeness (QED) is 0.780. The van der Waals surface area contributed by atoms with Crippen LogP contribution in [0.1, 0.15) is 17.2 Å². The summed E-state index contributed by atoms with van der Waals surface area (Å²) >= 11 is 6.00. The molecule has 0 amide bonds. The number of nitrogens with two attached hydrogens (primary N) is 1. The molecule has 0 aliphatic carbocycles. The molecular formula is C15H12ClFN2O2. The Morgan fingerprint density at radius 2 is 2.14 bits per heavy atom. The van der Waals surface area contributed by atoms with Crippen LogP contribution in [0, 0.1) is 5.82 Å². The van der Waals surface area contributed by atoms with Gasteiger partial charge in [-0.1, -0.05) is 23.7 Å². The average molecular weight is 307 g/mol. The summed E-state index contributed by atoms with van der Waals surface area (Å²) in [5.74, 6) is -0.903. The first-order chi connectivity index (χ1) is 10.0. The molecule has 0 saturated carbocycles. The van der Waals surface area contributed by atoms with Gasteiger partial charge in [0.25, 0.3) is 0 Å². The molecule has 1 unspecified atom stereocenters. The number of rotatable bonds is 3. The van der Waals surface area contributed by atoms with Crippen molar-refractivity contribution in [3.05, 3.63) is 68.9 Å². The van der Waals surface area contributed by atoms with E-state index >= 15 is 0 Å². The molecule has 0 radical (unpaired) electrons. The Bertz CT molecular complexity index is 836. The standard InChI is InChI=1S/C15H12ClFN2O2/c16-10-2-1-3-11(17)9(10)7-12(18)8-4-5-13-14(6-8)21-15(20)19-13/h1-6,12H,7,18H2,(H,19,20). The molecular weight excluding hydrogens is 295 g/mol. The van der Waals surface area contributed by atoms with Gasteiger partial charge in [-0.05, 0) is 36.2 Å². The number of aromatic nitrogens is 1. The van der Waals surface area contributed by atoms with E-state index in [1.165, 1.54) is 6.07 Å². The van der Waals surface area contributed by atoms with Gasteiger partial charge in [-0.15, -0.1) is 0 Å². The van der Waals surface area contributed by atoms with E-state index in [-0.39, 0.29) is 12.2 Å². The van der Waals surface area contributed by atoms with Crippen molar-refractivity contribution in [1.82, 2.24) is 4.98 Å². The zero-order valence-electron chi connectivity index (χ0n) is 10.9. The molecule has 3 aromatic rings. The summed E-state index contributed by atoms with van der Waals surface area (Å²) in [6, 6.07) is 9.22. The predicted octanol–water partition coefficient (Wildman–Crippen LogP) is 3.16. The van der Waals surface area contributed by atoms with Crippen LogP contribution in [-0.4, -0.2) is 4.98 Å². The molecule has 0 bridgehead atoms. The number of fused-ring (bicyclic) bond motifs is 1. The van der Waals surface area contributed by atoms with E-state index in [1.54, 1.807) is 30.3 Å². The Morgan fingerprint density at radius 3 is 2.90 bits per heavy atom. The minimum Gasteiger partial charge on any atom is -0.408 e. The third-order valence-corrected chi connectivity index (χ3v) is 3.71. The minimum atomic E-state index is -0.520. The van der Waals surface area contributed by atoms with Gasteiger partial charge in [0, 0.05) is 16.6 Å². The van der Waals surface area contributed by atoms with Crippen LogP contribution in [0.25, 0.3) is 11.1 Å². The number of nitrogens with one attached hydrogen (secondary N) is 1. The van der Waals surface area contributed by atoms with Gasteiger partial charge >= 0.3 is 5.76 Å². The molecule has 0 spiro atoms. The zero-order chi connectivity index (χ0) is 15.0. The van der Waals surface area contributed by atoms with Gasteiger partial charge in [-0.25, -0.2) is 9.18 Å². The fraction of sp³-hybridized carbons (Fsp3) is 0.133. The first-order valence-corrected chi connectivity index (χ1v) is 6.73. The van der Waals surface area contributed by atoms with Gasteiger partial charge in [-0.3, -0.25) is 4.98 Å². The number of hydrogen-bond acceptors (Lipinski definition) is 3. The smallest absolute Gasteiger partial charge is 0.408 e. The molecule has 6 heteroatoms. The monoisotopic (exact) mass is 306 g/mol. The van der Waals surface area contributed by atoms with Gasteiger partial charge in [0.2, 0.25) is 0 Å². The number of H-pyrrole nitrogens is 1. The van der Waals surface area contributed by atoms with Crippen LogP contribution < -0.4 is 11.5 Å². The predicted molar refractivity (Wildman–Crippen MR) is 78.9 cm³/mol. The molecule has 1 atom stereocenters. The van der Waals surface area contributed by atoms with E-state index in [0.29, 0.717) is 21.7 Å². The van der Waals surface area contributed by atoms with E-state index in [0.717, 1.165) is 5.56 Å². The van der Waals surface area contributed by atoms with E-state index in [1.807, 2.05) is 0 Å². The van der Waals surface area contributed by atoms with Gasteiger partial charge in [0.05, 0.1) is 5.52 Å². The van der Waals surface area contributed by atoms with Crippen LogP contribution in [0.2, 0.25) is 5.02 Å². The molecule has 21 heavy (non-hydrogen) atoms. The van der Waals surface area contributed by atoms with Gasteiger partial charge < -0.3 is 10.2 Å². The van der Waals surface area contributed by atoms with Gasteiger partial charge in [-0.2, -0.15) is 0 Å². The van der Waals surface area contributed by atoms with E-state index in [9.17, 15) is 9.18 Å². The average Bonchev–Trinajstić information content (AvgIpc) is 2.81. The third kappa shape index (κ3) is 2.70. The van der Waals surface area contributed by atoms with Crippen LogP contribution in [-0.2, 0) is 6.42 Å². The summed E-state index contributed by atoms with van der Waals surface area (Å²) in [7, 11) is 0. The van der Waals surface area contributed by atoms with Gasteiger partial charge in [0.15, 0.2) is 5.58 Å². The normalized spacial score (nSPS) is 12.7. The molecule has 3 N–H and O–H groups in total. The first kappa shape index (κ1) is 13.9. The second-order valence-electron chi connectivity index (χ2n) is 4.78. The minimum absolute atomic E-state index is 0.256. The maximum Gasteiger partial charge on any atom is 0.417 e. The molecule has 0 saturated heterocycles. The molecule has 1 aromatic heterocycles. The van der Waals surface area contributed by atoms with Crippen molar-refractivity contribution in [3.63, 3.8) is 0 Å². The number of benzene rings is 2. The van der Waals surface area contributed by atoms with E-state index in [2.05, 4.69) is 4.98 Å². The first-order valence-electron chi connectivity index (χ1n) is 6.36. The molecule has 2 aromatic carbocycles. The maximum atomic E-state index is 13.8. The molecule has 1 heterocycles. The fourth-order valence-electron chi connectivity index (χ4n) is 2.26. The van der Waals surface area contributed by atoms with Crippen LogP contribution in [0.4, 0.5) is 4.39 Å². The molecule has 3 rings (SSSR count). The Balaban J connectivity index is 1.93. The lowest BCUT2D eigenvalue weighted by Gasteiger charge is -2.13. The summed E-state index contributed by atoms with van der Waals surface area (Å²) in [5, 5.41) is 0.347. The summed E-state index contributed by atoms with van der Waals surface area (Å²) in [6.45, 7) is 0. The summed E-state index contributed by atoms with van der Waals surface area (Å²) in [6.07, 6.45) is 0.256. The van der Waals surface area contributed by atoms with Crippen molar-refractivity contribution in [2.24, 2.45) is 5.73 Å². The summed E-state index contributed by atoms with van der Waals surface area (Å²) in [5.41, 5.74) is 8.25. The van der Waals surface area contributed by atoms with Crippen LogP contribution >= 0.6 is 11.6 Å². The highest BCUT2D eigenvalue weighted by atomic mass is 35.5. The second-order valence-corrected chi connectivity index (χ2v) is 5.19. The summed E-state index contributed by atoms with van der Waals surface area (Å²) < 4.78 is 18.8. The Hall–Kier alpha value is -2.11. The number of oxazole rings is 1. The van der Waals surface area contributed by atoms with Crippen molar-refractivity contribution in [2.45, 2.75) is 12.5 Å². The molecule has 4 nitrogen and oxygen atoms in total. The Morgan fingerprint density at radius 1 is 1.33 bits per heavy atom. The Kier molecular flexibility index (Phi) is 3.53. The lowest BCUT2D eigenvalue weighted by atomic mass is 9.99. The SMILES string of the molecule is NC(Cc1c(F)cccc1Cl)c1ccc2[nH]c(=O)oc2c1. The molecule has 108 valence electrons. The largest absolute Gasteiger partial charge is 0.417 e. The number of aromatic amines is 1. The highest BCUT2D eigenvalue weighted by molar-refractivity contribution is 6.31.